The molecular weight excluding hydrogens is 454 g/mol. The minimum atomic E-state index is -0.746. The number of benzene rings is 2. The SMILES string of the molecule is CCC1c2cc(NC(=O)c3ccc(C=NN4CCOCC4)cc3)ccc2CCC1CC(=O)O.Cl. The summed E-state index contributed by atoms with van der Waals surface area (Å²) in [5, 5.41) is 18.7. The molecule has 1 saturated heterocycles. The fraction of sp³-hybridized carbons (Fsp3) is 0.423. The first-order valence-electron chi connectivity index (χ1n) is 11.7. The van der Waals surface area contributed by atoms with Crippen molar-refractivity contribution in [1.82, 2.24) is 5.01 Å². The van der Waals surface area contributed by atoms with Crippen molar-refractivity contribution >= 4 is 36.2 Å². The van der Waals surface area contributed by atoms with E-state index in [1.54, 1.807) is 18.3 Å². The van der Waals surface area contributed by atoms with E-state index in [4.69, 9.17) is 4.74 Å². The number of halogens is 1. The van der Waals surface area contributed by atoms with Crippen LogP contribution in [0.3, 0.4) is 0 Å². The van der Waals surface area contributed by atoms with E-state index in [2.05, 4.69) is 23.4 Å². The minimum absolute atomic E-state index is 0. The normalized spacial score (nSPS) is 19.9. The van der Waals surface area contributed by atoms with Crippen LogP contribution in [0.5, 0.6) is 0 Å². The Bertz CT molecular complexity index is 1020. The third kappa shape index (κ3) is 6.36. The lowest BCUT2D eigenvalue weighted by Gasteiger charge is -2.32. The number of morpholine rings is 1. The maximum Gasteiger partial charge on any atom is 0.303 e. The minimum Gasteiger partial charge on any atom is -0.481 e. The summed E-state index contributed by atoms with van der Waals surface area (Å²) >= 11 is 0. The molecule has 34 heavy (non-hydrogen) atoms. The fourth-order valence-corrected chi connectivity index (χ4v) is 4.80. The van der Waals surface area contributed by atoms with Gasteiger partial charge in [0.2, 0.25) is 0 Å². The molecule has 0 radical (unpaired) electrons. The first-order valence-corrected chi connectivity index (χ1v) is 11.7. The van der Waals surface area contributed by atoms with Gasteiger partial charge in [-0.25, -0.2) is 0 Å². The predicted octanol–water partition coefficient (Wildman–Crippen LogP) is 4.56. The van der Waals surface area contributed by atoms with Crippen LogP contribution in [0, 0.1) is 5.92 Å². The molecule has 1 aliphatic carbocycles. The van der Waals surface area contributed by atoms with Gasteiger partial charge in [0.25, 0.3) is 5.91 Å². The number of ether oxygens (including phenoxy) is 1. The van der Waals surface area contributed by atoms with Crippen LogP contribution in [-0.2, 0) is 16.0 Å². The average molecular weight is 486 g/mol. The van der Waals surface area contributed by atoms with Gasteiger partial charge in [0, 0.05) is 17.7 Å². The number of hydrazone groups is 1. The number of anilines is 1. The van der Waals surface area contributed by atoms with E-state index in [1.165, 1.54) is 11.1 Å². The van der Waals surface area contributed by atoms with Gasteiger partial charge in [-0.2, -0.15) is 5.10 Å². The van der Waals surface area contributed by atoms with Gasteiger partial charge in [-0.1, -0.05) is 25.1 Å². The molecule has 2 unspecified atom stereocenters. The Kier molecular flexibility index (Phi) is 9.07. The third-order valence-electron chi connectivity index (χ3n) is 6.56. The molecule has 1 heterocycles. The van der Waals surface area contributed by atoms with E-state index >= 15 is 0 Å². The number of hydrogen-bond donors (Lipinski definition) is 2. The molecule has 2 atom stereocenters. The van der Waals surface area contributed by atoms with E-state index < -0.39 is 5.97 Å². The number of carbonyl (C=O) groups excluding carboxylic acids is 1. The summed E-state index contributed by atoms with van der Waals surface area (Å²) in [5.74, 6) is -0.577. The molecule has 0 saturated carbocycles. The van der Waals surface area contributed by atoms with Crippen LogP contribution in [0.1, 0.15) is 59.2 Å². The maximum atomic E-state index is 12.8. The summed E-state index contributed by atoms with van der Waals surface area (Å²) in [4.78, 5) is 24.1. The lowest BCUT2D eigenvalue weighted by Crippen LogP contribution is -2.32. The highest BCUT2D eigenvalue weighted by Crippen LogP contribution is 2.41. The fourth-order valence-electron chi connectivity index (χ4n) is 4.80. The molecule has 8 heteroatoms. The van der Waals surface area contributed by atoms with E-state index in [0.717, 1.165) is 43.6 Å². The van der Waals surface area contributed by atoms with E-state index in [-0.39, 0.29) is 36.6 Å². The van der Waals surface area contributed by atoms with Crippen LogP contribution >= 0.6 is 12.4 Å². The van der Waals surface area contributed by atoms with Crippen molar-refractivity contribution in [3.63, 3.8) is 0 Å². The number of amides is 1. The highest BCUT2D eigenvalue weighted by Gasteiger charge is 2.30. The zero-order chi connectivity index (χ0) is 23.2. The van der Waals surface area contributed by atoms with Gasteiger partial charge in [0.05, 0.1) is 32.5 Å². The highest BCUT2D eigenvalue weighted by molar-refractivity contribution is 6.04. The number of nitrogens with zero attached hydrogens (tertiary/aromatic N) is 2. The van der Waals surface area contributed by atoms with Crippen molar-refractivity contribution in [3.8, 4) is 0 Å². The largest absolute Gasteiger partial charge is 0.481 e. The number of nitrogens with one attached hydrogen (secondary N) is 1. The Morgan fingerprint density at radius 2 is 1.91 bits per heavy atom. The Hall–Kier alpha value is -2.90. The van der Waals surface area contributed by atoms with E-state index in [0.29, 0.717) is 18.8 Å². The lowest BCUT2D eigenvalue weighted by atomic mass is 9.72. The molecule has 182 valence electrons. The first-order chi connectivity index (χ1) is 16.0. The highest BCUT2D eigenvalue weighted by atomic mass is 35.5. The number of aryl methyl sites for hydroxylation is 1. The molecule has 7 nitrogen and oxygen atoms in total. The molecule has 4 rings (SSSR count). The van der Waals surface area contributed by atoms with Crippen LogP contribution in [0.15, 0.2) is 47.6 Å². The van der Waals surface area contributed by atoms with Gasteiger partial charge in [0.1, 0.15) is 0 Å². The van der Waals surface area contributed by atoms with Crippen LogP contribution in [-0.4, -0.2) is 54.5 Å². The molecule has 2 aliphatic rings. The maximum absolute atomic E-state index is 12.8. The second kappa shape index (κ2) is 12.0. The Morgan fingerprint density at radius 1 is 1.18 bits per heavy atom. The molecular formula is C26H32ClN3O4. The summed E-state index contributed by atoms with van der Waals surface area (Å²) in [5.41, 5.74) is 4.67. The zero-order valence-electron chi connectivity index (χ0n) is 19.4. The Balaban J connectivity index is 0.00000324. The molecule has 0 bridgehead atoms. The van der Waals surface area contributed by atoms with Gasteiger partial charge in [-0.3, -0.25) is 14.6 Å². The van der Waals surface area contributed by atoms with Gasteiger partial charge >= 0.3 is 5.97 Å². The van der Waals surface area contributed by atoms with Crippen LogP contribution < -0.4 is 5.32 Å². The number of rotatable bonds is 7. The summed E-state index contributed by atoms with van der Waals surface area (Å²) in [6.07, 6.45) is 4.65. The zero-order valence-corrected chi connectivity index (χ0v) is 20.2. The van der Waals surface area contributed by atoms with Crippen LogP contribution in [0.25, 0.3) is 0 Å². The molecule has 1 aliphatic heterocycles. The predicted molar refractivity (Wildman–Crippen MR) is 135 cm³/mol. The smallest absolute Gasteiger partial charge is 0.303 e. The topological polar surface area (TPSA) is 91.2 Å². The molecule has 0 aromatic heterocycles. The molecule has 2 aromatic rings. The Morgan fingerprint density at radius 3 is 2.59 bits per heavy atom. The number of carbonyl (C=O) groups is 2. The van der Waals surface area contributed by atoms with Crippen molar-refractivity contribution < 1.29 is 19.4 Å². The van der Waals surface area contributed by atoms with Gasteiger partial charge in [-0.05, 0) is 72.1 Å². The second-order valence-corrected chi connectivity index (χ2v) is 8.71. The van der Waals surface area contributed by atoms with Gasteiger partial charge < -0.3 is 15.2 Å². The molecule has 0 spiro atoms. The van der Waals surface area contributed by atoms with Crippen LogP contribution in [0.4, 0.5) is 5.69 Å². The average Bonchev–Trinajstić information content (AvgIpc) is 2.83. The van der Waals surface area contributed by atoms with Crippen molar-refractivity contribution in [2.24, 2.45) is 11.0 Å². The number of fused-ring (bicyclic) bond motifs is 1. The monoisotopic (exact) mass is 485 g/mol. The lowest BCUT2D eigenvalue weighted by molar-refractivity contribution is -0.138. The summed E-state index contributed by atoms with van der Waals surface area (Å²) < 4.78 is 5.32. The Labute approximate surface area is 206 Å². The molecule has 1 fully saturated rings. The summed E-state index contributed by atoms with van der Waals surface area (Å²) in [6, 6.07) is 13.4. The summed E-state index contributed by atoms with van der Waals surface area (Å²) in [6.45, 7) is 5.06. The molecule has 2 N–H and O–H groups in total. The van der Waals surface area contributed by atoms with Crippen molar-refractivity contribution in [1.29, 1.82) is 0 Å². The third-order valence-corrected chi connectivity index (χ3v) is 6.56. The second-order valence-electron chi connectivity index (χ2n) is 8.71. The van der Waals surface area contributed by atoms with Crippen LogP contribution in [0.2, 0.25) is 0 Å². The van der Waals surface area contributed by atoms with E-state index in [9.17, 15) is 14.7 Å². The standard InChI is InChI=1S/C26H31N3O4.ClH/c1-2-23-21(15-25(30)31)8-7-19-9-10-22(16-24(19)23)28-26(32)20-5-3-18(4-6-20)17-27-29-11-13-33-14-12-29;/h3-6,9-10,16-17,21,23H,2,7-8,11-15H2,1H3,(H,28,32)(H,30,31);1H. The van der Waals surface area contributed by atoms with Crippen molar-refractivity contribution in [2.45, 2.75) is 38.5 Å². The first kappa shape index (κ1) is 25.7. The summed E-state index contributed by atoms with van der Waals surface area (Å²) in [7, 11) is 0. The quantitative estimate of drug-likeness (QED) is 0.561. The number of carboxylic acid groups (broad SMARTS) is 1. The number of aliphatic carboxylic acids is 1. The van der Waals surface area contributed by atoms with E-state index in [1.807, 2.05) is 29.3 Å². The molecule has 1 amide bonds. The van der Waals surface area contributed by atoms with Crippen molar-refractivity contribution in [3.05, 3.63) is 64.7 Å². The van der Waals surface area contributed by atoms with Gasteiger partial charge in [0.15, 0.2) is 0 Å². The van der Waals surface area contributed by atoms with Gasteiger partial charge in [-0.15, -0.1) is 12.4 Å². The van der Waals surface area contributed by atoms with Crippen molar-refractivity contribution in [2.75, 3.05) is 31.6 Å². The number of carboxylic acids is 1. The molecule has 2 aromatic carbocycles. The number of hydrogen-bond acceptors (Lipinski definition) is 5.